The minimum atomic E-state index is -0.897. The first-order valence-electron chi connectivity index (χ1n) is 7.70. The maximum absolute atomic E-state index is 12.8. The van der Waals surface area contributed by atoms with Crippen molar-refractivity contribution in [2.75, 3.05) is 7.11 Å². The molecule has 0 amide bonds. The Labute approximate surface area is 145 Å². The molecular weight excluding hydrogens is 328 g/mol. The fourth-order valence-electron chi connectivity index (χ4n) is 3.38. The van der Waals surface area contributed by atoms with Crippen LogP contribution in [0.25, 0.3) is 0 Å². The van der Waals surface area contributed by atoms with Gasteiger partial charge in [0.15, 0.2) is 5.78 Å². The minimum absolute atomic E-state index is 0.00569. The number of carbonyl (C=O) groups is 2. The lowest BCUT2D eigenvalue weighted by molar-refractivity contribution is -0.137. The third-order valence-electron chi connectivity index (χ3n) is 4.50. The van der Waals surface area contributed by atoms with Gasteiger partial charge in [-0.25, -0.2) is 0 Å². The standard InChI is InChI=1S/C19H17ClO4/c1-24-13-6-7-14-16(10-13)18(11-2-4-12(20)5-3-11)15(19(14)23)8-9-17(21)22/h2-7,10,15,18H,8-9H2,1H3,(H,21,22). The zero-order valence-electron chi connectivity index (χ0n) is 13.2. The predicted octanol–water partition coefficient (Wildman–Crippen LogP) is 4.16. The first kappa shape index (κ1) is 16.5. The lowest BCUT2D eigenvalue weighted by Gasteiger charge is -2.19. The van der Waals surface area contributed by atoms with Crippen molar-refractivity contribution in [3.63, 3.8) is 0 Å². The second-order valence-electron chi connectivity index (χ2n) is 5.89. The van der Waals surface area contributed by atoms with E-state index in [0.29, 0.717) is 22.8 Å². The molecule has 0 heterocycles. The molecule has 0 bridgehead atoms. The van der Waals surface area contributed by atoms with Crippen LogP contribution < -0.4 is 4.74 Å². The Morgan fingerprint density at radius 2 is 1.92 bits per heavy atom. The zero-order valence-corrected chi connectivity index (χ0v) is 13.9. The van der Waals surface area contributed by atoms with Gasteiger partial charge in [-0.05, 0) is 47.9 Å². The van der Waals surface area contributed by atoms with Crippen molar-refractivity contribution >= 4 is 23.4 Å². The molecule has 0 radical (unpaired) electrons. The number of Topliss-reactive ketones (excluding diaryl/α,β-unsaturated/α-hetero) is 1. The highest BCUT2D eigenvalue weighted by atomic mass is 35.5. The van der Waals surface area contributed by atoms with Crippen LogP contribution >= 0.6 is 11.6 Å². The highest BCUT2D eigenvalue weighted by molar-refractivity contribution is 6.30. The number of halogens is 1. The molecule has 0 fully saturated rings. The monoisotopic (exact) mass is 344 g/mol. The van der Waals surface area contributed by atoms with E-state index < -0.39 is 5.97 Å². The Morgan fingerprint density at radius 3 is 2.54 bits per heavy atom. The topological polar surface area (TPSA) is 63.6 Å². The van der Waals surface area contributed by atoms with Crippen LogP contribution in [0.1, 0.15) is 40.2 Å². The lowest BCUT2D eigenvalue weighted by Crippen LogP contribution is -2.16. The Hall–Kier alpha value is -2.33. The number of fused-ring (bicyclic) bond motifs is 1. The van der Waals surface area contributed by atoms with Crippen LogP contribution in [-0.4, -0.2) is 24.0 Å². The van der Waals surface area contributed by atoms with Crippen molar-refractivity contribution in [1.29, 1.82) is 0 Å². The van der Waals surface area contributed by atoms with Crippen molar-refractivity contribution in [2.24, 2.45) is 5.92 Å². The molecule has 2 unspecified atom stereocenters. The van der Waals surface area contributed by atoms with Gasteiger partial charge >= 0.3 is 5.97 Å². The van der Waals surface area contributed by atoms with Gasteiger partial charge in [-0.2, -0.15) is 0 Å². The zero-order chi connectivity index (χ0) is 17.3. The van der Waals surface area contributed by atoms with Gasteiger partial charge in [0.1, 0.15) is 5.75 Å². The molecule has 24 heavy (non-hydrogen) atoms. The highest BCUT2D eigenvalue weighted by Gasteiger charge is 2.40. The van der Waals surface area contributed by atoms with Crippen LogP contribution in [0.2, 0.25) is 5.02 Å². The van der Waals surface area contributed by atoms with Gasteiger partial charge in [-0.15, -0.1) is 0 Å². The smallest absolute Gasteiger partial charge is 0.303 e. The second-order valence-corrected chi connectivity index (χ2v) is 6.32. The molecule has 2 aromatic rings. The normalized spacial score (nSPS) is 19.2. The number of hydrogen-bond donors (Lipinski definition) is 1. The van der Waals surface area contributed by atoms with Gasteiger partial charge in [0.25, 0.3) is 0 Å². The third-order valence-corrected chi connectivity index (χ3v) is 4.75. The molecule has 0 saturated carbocycles. The molecule has 1 aliphatic rings. The summed E-state index contributed by atoms with van der Waals surface area (Å²) in [5.41, 5.74) is 2.48. The SMILES string of the molecule is COc1ccc2c(c1)C(c1ccc(Cl)cc1)C(CCC(=O)O)C2=O. The Balaban J connectivity index is 2.07. The van der Waals surface area contributed by atoms with Crippen LogP contribution in [-0.2, 0) is 4.79 Å². The average molecular weight is 345 g/mol. The molecule has 124 valence electrons. The highest BCUT2D eigenvalue weighted by Crippen LogP contribution is 2.45. The number of carbonyl (C=O) groups excluding carboxylic acids is 1. The first-order valence-corrected chi connectivity index (χ1v) is 8.08. The Bertz CT molecular complexity index is 782. The second kappa shape index (κ2) is 6.65. The first-order chi connectivity index (χ1) is 11.5. The molecule has 5 heteroatoms. The fraction of sp³-hybridized carbons (Fsp3) is 0.263. The number of rotatable bonds is 5. The molecule has 2 aromatic carbocycles. The van der Waals surface area contributed by atoms with Crippen molar-refractivity contribution in [3.8, 4) is 5.75 Å². The summed E-state index contributed by atoms with van der Waals surface area (Å²) < 4.78 is 5.28. The Kier molecular flexibility index (Phi) is 4.58. The number of carboxylic acids is 1. The van der Waals surface area contributed by atoms with E-state index in [1.165, 1.54) is 0 Å². The van der Waals surface area contributed by atoms with E-state index in [4.69, 9.17) is 21.4 Å². The largest absolute Gasteiger partial charge is 0.497 e. The van der Waals surface area contributed by atoms with Crippen molar-refractivity contribution in [2.45, 2.75) is 18.8 Å². The van der Waals surface area contributed by atoms with E-state index in [0.717, 1.165) is 11.1 Å². The average Bonchev–Trinajstić information content (AvgIpc) is 2.85. The van der Waals surface area contributed by atoms with E-state index in [-0.39, 0.29) is 24.0 Å². The van der Waals surface area contributed by atoms with Crippen LogP contribution in [0, 0.1) is 5.92 Å². The van der Waals surface area contributed by atoms with Gasteiger partial charge in [0, 0.05) is 28.8 Å². The number of ketones is 1. The summed E-state index contributed by atoms with van der Waals surface area (Å²) in [5, 5.41) is 9.63. The van der Waals surface area contributed by atoms with E-state index in [1.54, 1.807) is 31.4 Å². The maximum Gasteiger partial charge on any atom is 0.303 e. The fourth-order valence-corrected chi connectivity index (χ4v) is 3.50. The molecule has 0 aromatic heterocycles. The van der Waals surface area contributed by atoms with Gasteiger partial charge in [0.05, 0.1) is 7.11 Å². The van der Waals surface area contributed by atoms with Gasteiger partial charge in [-0.1, -0.05) is 23.7 Å². The molecular formula is C19H17ClO4. The molecule has 1 N–H and O–H groups in total. The van der Waals surface area contributed by atoms with Crippen molar-refractivity contribution in [3.05, 3.63) is 64.2 Å². The summed E-state index contributed by atoms with van der Waals surface area (Å²) in [5.74, 6) is -0.789. The van der Waals surface area contributed by atoms with Gasteiger partial charge < -0.3 is 9.84 Å². The number of ether oxygens (including phenoxy) is 1. The van der Waals surface area contributed by atoms with Crippen molar-refractivity contribution < 1.29 is 19.4 Å². The summed E-state index contributed by atoms with van der Waals surface area (Å²) in [6, 6.07) is 12.7. The molecule has 0 saturated heterocycles. The third kappa shape index (κ3) is 3.02. The van der Waals surface area contributed by atoms with Gasteiger partial charge in [-0.3, -0.25) is 9.59 Å². The summed E-state index contributed by atoms with van der Waals surface area (Å²) in [7, 11) is 1.58. The summed E-state index contributed by atoms with van der Waals surface area (Å²) in [4.78, 5) is 23.8. The van der Waals surface area contributed by atoms with E-state index in [2.05, 4.69) is 0 Å². The molecule has 3 rings (SSSR count). The summed E-state index contributed by atoms with van der Waals surface area (Å²) in [6.45, 7) is 0. The quantitative estimate of drug-likeness (QED) is 0.884. The van der Waals surface area contributed by atoms with Crippen LogP contribution in [0.4, 0.5) is 0 Å². The van der Waals surface area contributed by atoms with Crippen molar-refractivity contribution in [1.82, 2.24) is 0 Å². The van der Waals surface area contributed by atoms with E-state index >= 15 is 0 Å². The number of methoxy groups -OCH3 is 1. The number of benzene rings is 2. The number of aliphatic carboxylic acids is 1. The van der Waals surface area contributed by atoms with E-state index in [9.17, 15) is 9.59 Å². The minimum Gasteiger partial charge on any atom is -0.497 e. The predicted molar refractivity (Wildman–Crippen MR) is 91.0 cm³/mol. The molecule has 0 aliphatic heterocycles. The number of carboxylic acid groups (broad SMARTS) is 1. The van der Waals surface area contributed by atoms with Crippen LogP contribution in [0.5, 0.6) is 5.75 Å². The molecule has 4 nitrogen and oxygen atoms in total. The van der Waals surface area contributed by atoms with E-state index in [1.807, 2.05) is 18.2 Å². The van der Waals surface area contributed by atoms with Gasteiger partial charge in [0.2, 0.25) is 0 Å². The Morgan fingerprint density at radius 1 is 1.21 bits per heavy atom. The summed E-state index contributed by atoms with van der Waals surface area (Å²) >= 11 is 5.97. The molecule has 0 spiro atoms. The number of hydrogen-bond acceptors (Lipinski definition) is 3. The van der Waals surface area contributed by atoms with Crippen LogP contribution in [0.3, 0.4) is 0 Å². The maximum atomic E-state index is 12.8. The molecule has 2 atom stereocenters. The summed E-state index contributed by atoms with van der Waals surface area (Å²) in [6.07, 6.45) is 0.268. The van der Waals surface area contributed by atoms with Crippen LogP contribution in [0.15, 0.2) is 42.5 Å². The lowest BCUT2D eigenvalue weighted by atomic mass is 9.83. The molecule has 1 aliphatic carbocycles.